The number of hydrogen-bond acceptors (Lipinski definition) is 3. The third-order valence-electron chi connectivity index (χ3n) is 2.05. The summed E-state index contributed by atoms with van der Waals surface area (Å²) in [5.41, 5.74) is 1.13. The lowest BCUT2D eigenvalue weighted by molar-refractivity contribution is -0.137. The number of hydrogen-bond donors (Lipinski definition) is 0. The van der Waals surface area contributed by atoms with E-state index in [1.54, 1.807) is 20.1 Å². The lowest BCUT2D eigenvalue weighted by Gasteiger charge is -2.00. The molecule has 0 unspecified atom stereocenters. The molecule has 0 aromatic heterocycles. The Morgan fingerprint density at radius 3 is 2.56 bits per heavy atom. The van der Waals surface area contributed by atoms with Crippen molar-refractivity contribution in [2.24, 2.45) is 0 Å². The van der Waals surface area contributed by atoms with Gasteiger partial charge in [0.05, 0.1) is 13.7 Å². The summed E-state index contributed by atoms with van der Waals surface area (Å²) in [6.07, 6.45) is 3.95. The van der Waals surface area contributed by atoms with Crippen LogP contribution in [-0.4, -0.2) is 19.7 Å². The highest BCUT2D eigenvalue weighted by atomic mass is 16.5. The van der Waals surface area contributed by atoms with Gasteiger partial charge in [0.15, 0.2) is 0 Å². The van der Waals surface area contributed by atoms with E-state index in [1.165, 1.54) is 6.08 Å². The Bertz CT molecular complexity index is 352. The molecule has 0 atom stereocenters. The summed E-state index contributed by atoms with van der Waals surface area (Å²) >= 11 is 0. The van der Waals surface area contributed by atoms with E-state index in [2.05, 4.69) is 0 Å². The van der Waals surface area contributed by atoms with Crippen molar-refractivity contribution in [1.82, 2.24) is 0 Å². The van der Waals surface area contributed by atoms with Gasteiger partial charge in [-0.2, -0.15) is 0 Å². The molecule has 0 heterocycles. The van der Waals surface area contributed by atoms with Gasteiger partial charge in [-0.3, -0.25) is 0 Å². The molecule has 86 valence electrons. The van der Waals surface area contributed by atoms with Crippen LogP contribution >= 0.6 is 0 Å². The predicted molar refractivity (Wildman–Crippen MR) is 62.5 cm³/mol. The van der Waals surface area contributed by atoms with Crippen LogP contribution in [0.1, 0.15) is 12.5 Å². The van der Waals surface area contributed by atoms with Crippen LogP contribution in [0.2, 0.25) is 0 Å². The highest BCUT2D eigenvalue weighted by Crippen LogP contribution is 2.11. The number of methoxy groups -OCH3 is 1. The van der Waals surface area contributed by atoms with Crippen LogP contribution in [0, 0.1) is 0 Å². The fraction of sp³-hybridized carbons (Fsp3) is 0.308. The van der Waals surface area contributed by atoms with Gasteiger partial charge in [0.1, 0.15) is 5.75 Å². The molecule has 3 nitrogen and oxygen atoms in total. The van der Waals surface area contributed by atoms with Crippen molar-refractivity contribution >= 4 is 5.97 Å². The van der Waals surface area contributed by atoms with E-state index in [9.17, 15) is 4.79 Å². The third kappa shape index (κ3) is 4.17. The summed E-state index contributed by atoms with van der Waals surface area (Å²) in [5.74, 6) is 0.536. The average molecular weight is 220 g/mol. The summed E-state index contributed by atoms with van der Waals surface area (Å²) in [4.78, 5) is 11.0. The summed E-state index contributed by atoms with van der Waals surface area (Å²) in [7, 11) is 1.63. The summed E-state index contributed by atoms with van der Waals surface area (Å²) in [5, 5.41) is 0. The van der Waals surface area contributed by atoms with Gasteiger partial charge in [-0.25, -0.2) is 4.79 Å². The van der Waals surface area contributed by atoms with E-state index in [0.717, 1.165) is 11.3 Å². The molecule has 0 spiro atoms. The minimum atomic E-state index is -0.295. The first-order valence-corrected chi connectivity index (χ1v) is 5.22. The maximum absolute atomic E-state index is 11.0. The average Bonchev–Trinajstić information content (AvgIpc) is 2.30. The first-order chi connectivity index (χ1) is 7.76. The molecule has 16 heavy (non-hydrogen) atoms. The summed E-state index contributed by atoms with van der Waals surface area (Å²) in [6.45, 7) is 2.20. The van der Waals surface area contributed by atoms with Gasteiger partial charge < -0.3 is 9.47 Å². The van der Waals surface area contributed by atoms with Crippen molar-refractivity contribution in [1.29, 1.82) is 0 Å². The smallest absolute Gasteiger partial charge is 0.330 e. The van der Waals surface area contributed by atoms with E-state index in [1.807, 2.05) is 24.3 Å². The van der Waals surface area contributed by atoms with Crippen molar-refractivity contribution < 1.29 is 14.3 Å². The van der Waals surface area contributed by atoms with Crippen LogP contribution in [0.15, 0.2) is 36.4 Å². The number of ether oxygens (including phenoxy) is 2. The molecule has 0 saturated heterocycles. The Labute approximate surface area is 95.7 Å². The molecule has 0 saturated carbocycles. The fourth-order valence-electron chi connectivity index (χ4n) is 1.24. The summed E-state index contributed by atoms with van der Waals surface area (Å²) in [6, 6.07) is 7.73. The number of benzene rings is 1. The van der Waals surface area contributed by atoms with Crippen LogP contribution in [0.25, 0.3) is 0 Å². The van der Waals surface area contributed by atoms with Gasteiger partial charge in [0, 0.05) is 6.08 Å². The highest BCUT2D eigenvalue weighted by molar-refractivity contribution is 5.81. The van der Waals surface area contributed by atoms with E-state index in [0.29, 0.717) is 13.0 Å². The van der Waals surface area contributed by atoms with Crippen LogP contribution in [0.4, 0.5) is 0 Å². The molecule has 0 aliphatic rings. The molecule has 0 N–H and O–H groups in total. The number of allylic oxidation sites excluding steroid dienone is 1. The first-order valence-electron chi connectivity index (χ1n) is 5.22. The number of esters is 1. The van der Waals surface area contributed by atoms with Crippen molar-refractivity contribution in [2.75, 3.05) is 13.7 Å². The standard InChI is InChI=1S/C13H16O3/c1-3-16-13(14)6-4-5-11-7-9-12(15-2)10-8-11/h4,6-10H,3,5H2,1-2H3/b6-4+. The van der Waals surface area contributed by atoms with Crippen molar-refractivity contribution in [3.05, 3.63) is 42.0 Å². The quantitative estimate of drug-likeness (QED) is 0.564. The van der Waals surface area contributed by atoms with Crippen molar-refractivity contribution in [3.63, 3.8) is 0 Å². The molecule has 0 amide bonds. The first kappa shape index (κ1) is 12.3. The molecule has 0 aliphatic heterocycles. The van der Waals surface area contributed by atoms with Crippen LogP contribution in [-0.2, 0) is 16.0 Å². The predicted octanol–water partition coefficient (Wildman–Crippen LogP) is 2.36. The molecule has 1 aromatic rings. The number of carbonyl (C=O) groups excluding carboxylic acids is 1. The zero-order valence-electron chi connectivity index (χ0n) is 9.60. The minimum Gasteiger partial charge on any atom is -0.497 e. The molecular formula is C13H16O3. The Morgan fingerprint density at radius 1 is 1.31 bits per heavy atom. The van der Waals surface area contributed by atoms with Gasteiger partial charge in [-0.1, -0.05) is 18.2 Å². The molecule has 3 heteroatoms. The second kappa shape index (κ2) is 6.67. The molecular weight excluding hydrogens is 204 g/mol. The topological polar surface area (TPSA) is 35.5 Å². The SMILES string of the molecule is CCOC(=O)/C=C/Cc1ccc(OC)cc1. The second-order valence-electron chi connectivity index (χ2n) is 3.21. The Kier molecular flexibility index (Phi) is 5.12. The lowest BCUT2D eigenvalue weighted by Crippen LogP contribution is -1.99. The van der Waals surface area contributed by atoms with E-state index in [-0.39, 0.29) is 5.97 Å². The van der Waals surface area contributed by atoms with Gasteiger partial charge in [-0.15, -0.1) is 0 Å². The minimum absolute atomic E-state index is 0.295. The molecule has 0 fully saturated rings. The maximum atomic E-state index is 11.0. The second-order valence-corrected chi connectivity index (χ2v) is 3.21. The zero-order chi connectivity index (χ0) is 11.8. The Morgan fingerprint density at radius 2 is 2.00 bits per heavy atom. The number of rotatable bonds is 5. The highest BCUT2D eigenvalue weighted by Gasteiger charge is 1.94. The van der Waals surface area contributed by atoms with Gasteiger partial charge >= 0.3 is 5.97 Å². The normalized spacial score (nSPS) is 10.4. The van der Waals surface area contributed by atoms with Crippen LogP contribution in [0.5, 0.6) is 5.75 Å². The largest absolute Gasteiger partial charge is 0.497 e. The van der Waals surface area contributed by atoms with Gasteiger partial charge in [-0.05, 0) is 31.0 Å². The monoisotopic (exact) mass is 220 g/mol. The summed E-state index contributed by atoms with van der Waals surface area (Å²) < 4.78 is 9.82. The molecule has 1 rings (SSSR count). The molecule has 0 bridgehead atoms. The van der Waals surface area contributed by atoms with Crippen LogP contribution < -0.4 is 4.74 Å². The Hall–Kier alpha value is -1.77. The van der Waals surface area contributed by atoms with E-state index < -0.39 is 0 Å². The molecule has 0 aliphatic carbocycles. The third-order valence-corrected chi connectivity index (χ3v) is 2.05. The number of carbonyl (C=O) groups is 1. The zero-order valence-corrected chi connectivity index (χ0v) is 9.60. The Balaban J connectivity index is 2.45. The lowest BCUT2D eigenvalue weighted by atomic mass is 10.1. The molecule has 0 radical (unpaired) electrons. The van der Waals surface area contributed by atoms with Crippen molar-refractivity contribution in [3.8, 4) is 5.75 Å². The van der Waals surface area contributed by atoms with E-state index in [4.69, 9.17) is 9.47 Å². The van der Waals surface area contributed by atoms with E-state index >= 15 is 0 Å². The van der Waals surface area contributed by atoms with Crippen LogP contribution in [0.3, 0.4) is 0 Å². The van der Waals surface area contributed by atoms with Crippen molar-refractivity contribution in [2.45, 2.75) is 13.3 Å². The van der Waals surface area contributed by atoms with Gasteiger partial charge in [0.25, 0.3) is 0 Å². The van der Waals surface area contributed by atoms with Gasteiger partial charge in [0.2, 0.25) is 0 Å². The maximum Gasteiger partial charge on any atom is 0.330 e. The molecule has 1 aromatic carbocycles. The fourth-order valence-corrected chi connectivity index (χ4v) is 1.24.